The zero-order valence-corrected chi connectivity index (χ0v) is 9.00. The van der Waals surface area contributed by atoms with Gasteiger partial charge in [-0.25, -0.2) is 0 Å². The molecule has 0 atom stereocenters. The molecule has 0 saturated carbocycles. The number of hydrogen-bond acceptors (Lipinski definition) is 3. The van der Waals surface area contributed by atoms with Crippen LogP contribution in [-0.4, -0.2) is 20.5 Å². The quantitative estimate of drug-likeness (QED) is 0.553. The van der Waals surface area contributed by atoms with Crippen molar-refractivity contribution in [2.75, 3.05) is 6.61 Å². The summed E-state index contributed by atoms with van der Waals surface area (Å²) in [7, 11) is -5.44. The van der Waals surface area contributed by atoms with Gasteiger partial charge in [0.05, 0.1) is 6.61 Å². The number of hydrogen-bond donors (Lipinski definition) is 0. The summed E-state index contributed by atoms with van der Waals surface area (Å²) in [6.07, 6.45) is 0.528. The van der Waals surface area contributed by atoms with Crippen molar-refractivity contribution in [3.05, 3.63) is 0 Å². The Labute approximate surface area is 81.4 Å². The summed E-state index contributed by atoms with van der Waals surface area (Å²) in [6, 6.07) is 0. The highest BCUT2D eigenvalue weighted by Crippen LogP contribution is 2.28. The van der Waals surface area contributed by atoms with Crippen LogP contribution in [0.1, 0.15) is 27.2 Å². The van der Waals surface area contributed by atoms with Gasteiger partial charge in [0, 0.05) is 0 Å². The van der Waals surface area contributed by atoms with Crippen LogP contribution in [0.4, 0.5) is 13.2 Å². The topological polar surface area (TPSA) is 43.4 Å². The van der Waals surface area contributed by atoms with Gasteiger partial charge in [-0.15, -0.1) is 0 Å². The summed E-state index contributed by atoms with van der Waals surface area (Å²) in [5, 5.41) is 0. The minimum atomic E-state index is -5.44. The maximum atomic E-state index is 11.8. The second-order valence-electron chi connectivity index (χ2n) is 3.68. The molecule has 0 bridgehead atoms. The highest BCUT2D eigenvalue weighted by molar-refractivity contribution is 7.87. The van der Waals surface area contributed by atoms with Crippen molar-refractivity contribution in [2.45, 2.75) is 32.7 Å². The predicted octanol–water partition coefficient (Wildman–Crippen LogP) is 2.29. The van der Waals surface area contributed by atoms with E-state index in [0.717, 1.165) is 0 Å². The molecule has 0 unspecified atom stereocenters. The average Bonchev–Trinajstić information content (AvgIpc) is 1.99. The van der Waals surface area contributed by atoms with Gasteiger partial charge in [-0.2, -0.15) is 21.6 Å². The van der Waals surface area contributed by atoms with Gasteiger partial charge in [-0.05, 0) is 11.8 Å². The lowest BCUT2D eigenvalue weighted by atomic mass is 9.92. The minimum Gasteiger partial charge on any atom is -0.263 e. The number of rotatable bonds is 4. The molecule has 0 aromatic rings. The molecule has 0 radical (unpaired) electrons. The molecule has 0 aliphatic rings. The normalized spacial score (nSPS) is 14.4. The Morgan fingerprint density at radius 2 is 1.64 bits per heavy atom. The van der Waals surface area contributed by atoms with Crippen LogP contribution in [0.25, 0.3) is 0 Å². The maximum absolute atomic E-state index is 11.8. The highest BCUT2D eigenvalue weighted by Gasteiger charge is 2.47. The molecule has 86 valence electrons. The van der Waals surface area contributed by atoms with E-state index in [9.17, 15) is 21.6 Å². The molecule has 0 amide bonds. The summed E-state index contributed by atoms with van der Waals surface area (Å²) in [5.41, 5.74) is -5.92. The van der Waals surface area contributed by atoms with E-state index in [4.69, 9.17) is 0 Å². The Bertz CT molecular complexity index is 279. The van der Waals surface area contributed by atoms with Crippen LogP contribution in [0, 0.1) is 5.41 Å². The largest absolute Gasteiger partial charge is 0.523 e. The highest BCUT2D eigenvalue weighted by atomic mass is 32.2. The fourth-order valence-corrected chi connectivity index (χ4v) is 1.01. The van der Waals surface area contributed by atoms with Gasteiger partial charge in [0.25, 0.3) is 0 Å². The molecule has 0 aromatic carbocycles. The average molecular weight is 234 g/mol. The molecule has 7 heteroatoms. The summed E-state index contributed by atoms with van der Waals surface area (Å²) in [6.45, 7) is 4.52. The SMILES string of the molecule is CCC(C)(C)COS(=O)(=O)C(F)(F)F. The van der Waals surface area contributed by atoms with Gasteiger partial charge >= 0.3 is 15.6 Å². The predicted molar refractivity (Wildman–Crippen MR) is 45.0 cm³/mol. The monoisotopic (exact) mass is 234 g/mol. The second-order valence-corrected chi connectivity index (χ2v) is 5.29. The van der Waals surface area contributed by atoms with Crippen molar-refractivity contribution in [1.82, 2.24) is 0 Å². The third-order valence-corrected chi connectivity index (χ3v) is 2.84. The zero-order valence-electron chi connectivity index (χ0n) is 8.18. The van der Waals surface area contributed by atoms with E-state index in [1.807, 2.05) is 0 Å². The fourth-order valence-electron chi connectivity index (χ4n) is 0.406. The summed E-state index contributed by atoms with van der Waals surface area (Å²) in [5.74, 6) is 0. The van der Waals surface area contributed by atoms with Gasteiger partial charge in [0.15, 0.2) is 0 Å². The Kier molecular flexibility index (Phi) is 3.97. The fraction of sp³-hybridized carbons (Fsp3) is 1.00. The van der Waals surface area contributed by atoms with Crippen LogP contribution in [0.15, 0.2) is 0 Å². The first-order chi connectivity index (χ1) is 6.02. The van der Waals surface area contributed by atoms with Crippen LogP contribution in [-0.2, 0) is 14.3 Å². The second kappa shape index (κ2) is 4.06. The van der Waals surface area contributed by atoms with Crippen molar-refractivity contribution >= 4 is 10.1 Å². The smallest absolute Gasteiger partial charge is 0.263 e. The van der Waals surface area contributed by atoms with Crippen LogP contribution in [0.2, 0.25) is 0 Å². The zero-order chi connectivity index (χ0) is 11.6. The van der Waals surface area contributed by atoms with Crippen molar-refractivity contribution < 1.29 is 25.8 Å². The van der Waals surface area contributed by atoms with Gasteiger partial charge in [0.2, 0.25) is 0 Å². The first-order valence-corrected chi connectivity index (χ1v) is 5.38. The van der Waals surface area contributed by atoms with Crippen LogP contribution in [0.3, 0.4) is 0 Å². The van der Waals surface area contributed by atoms with E-state index < -0.39 is 27.6 Å². The summed E-state index contributed by atoms with van der Waals surface area (Å²) < 4.78 is 60.2. The first kappa shape index (κ1) is 13.7. The molecule has 0 fully saturated rings. The Morgan fingerprint density at radius 1 is 1.21 bits per heavy atom. The first-order valence-electron chi connectivity index (χ1n) is 3.97. The number of halogens is 3. The summed E-state index contributed by atoms with van der Waals surface area (Å²) >= 11 is 0. The van der Waals surface area contributed by atoms with E-state index in [-0.39, 0.29) is 0 Å². The molecular weight excluding hydrogens is 221 g/mol. The van der Waals surface area contributed by atoms with Gasteiger partial charge in [0.1, 0.15) is 0 Å². The molecule has 14 heavy (non-hydrogen) atoms. The van der Waals surface area contributed by atoms with Crippen LogP contribution >= 0.6 is 0 Å². The molecule has 0 aliphatic heterocycles. The molecule has 0 aliphatic carbocycles. The van der Waals surface area contributed by atoms with Crippen molar-refractivity contribution in [1.29, 1.82) is 0 Å². The molecule has 0 aromatic heterocycles. The molecule has 0 heterocycles. The minimum absolute atomic E-state index is 0.467. The Hall–Kier alpha value is -0.300. The Balaban J connectivity index is 4.43. The molecule has 0 N–H and O–H groups in total. The lowest BCUT2D eigenvalue weighted by Gasteiger charge is -2.21. The van der Waals surface area contributed by atoms with E-state index >= 15 is 0 Å². The van der Waals surface area contributed by atoms with E-state index in [1.54, 1.807) is 20.8 Å². The van der Waals surface area contributed by atoms with Gasteiger partial charge < -0.3 is 0 Å². The lowest BCUT2D eigenvalue weighted by Crippen LogP contribution is -2.29. The molecule has 0 spiro atoms. The third kappa shape index (κ3) is 3.83. The Morgan fingerprint density at radius 3 is 1.93 bits per heavy atom. The number of alkyl halides is 3. The van der Waals surface area contributed by atoms with Crippen LogP contribution in [0.5, 0.6) is 0 Å². The van der Waals surface area contributed by atoms with Crippen molar-refractivity contribution in [2.24, 2.45) is 5.41 Å². The molecular formula is C7H13F3O3S. The molecule has 0 saturated heterocycles. The summed E-state index contributed by atoms with van der Waals surface area (Å²) in [4.78, 5) is 0. The van der Waals surface area contributed by atoms with E-state index in [0.29, 0.717) is 6.42 Å². The standard InChI is InChI=1S/C7H13F3O3S/c1-4-6(2,3)5-13-14(11,12)7(8,9)10/h4-5H2,1-3H3. The van der Waals surface area contributed by atoms with E-state index in [1.165, 1.54) is 0 Å². The van der Waals surface area contributed by atoms with E-state index in [2.05, 4.69) is 4.18 Å². The van der Waals surface area contributed by atoms with Crippen molar-refractivity contribution in [3.8, 4) is 0 Å². The van der Waals surface area contributed by atoms with Crippen LogP contribution < -0.4 is 0 Å². The maximum Gasteiger partial charge on any atom is 0.523 e. The lowest BCUT2D eigenvalue weighted by molar-refractivity contribution is -0.0561. The third-order valence-electron chi connectivity index (χ3n) is 1.85. The van der Waals surface area contributed by atoms with Crippen molar-refractivity contribution in [3.63, 3.8) is 0 Å². The van der Waals surface area contributed by atoms with Gasteiger partial charge in [-0.3, -0.25) is 4.18 Å². The molecule has 0 rings (SSSR count). The van der Waals surface area contributed by atoms with Gasteiger partial charge in [-0.1, -0.05) is 20.8 Å². The molecule has 3 nitrogen and oxygen atoms in total.